The highest BCUT2D eigenvalue weighted by molar-refractivity contribution is 5.98. The first-order chi connectivity index (χ1) is 15.9. The zero-order valence-corrected chi connectivity index (χ0v) is 18.9. The van der Waals surface area contributed by atoms with Crippen molar-refractivity contribution in [2.45, 2.75) is 38.6 Å². The molecule has 0 spiro atoms. The highest BCUT2D eigenvalue weighted by Gasteiger charge is 2.37. The van der Waals surface area contributed by atoms with Gasteiger partial charge in [0, 0.05) is 37.3 Å². The summed E-state index contributed by atoms with van der Waals surface area (Å²) in [5.41, 5.74) is 1.84. The number of likely N-dealkylation sites (tertiary alicyclic amines) is 2. The van der Waals surface area contributed by atoms with E-state index in [1.165, 1.54) is 18.2 Å². The van der Waals surface area contributed by atoms with E-state index in [-0.39, 0.29) is 23.6 Å². The Morgan fingerprint density at radius 3 is 2.24 bits per heavy atom. The third kappa shape index (κ3) is 5.41. The van der Waals surface area contributed by atoms with E-state index in [4.69, 9.17) is 0 Å². The molecule has 0 aliphatic carbocycles. The van der Waals surface area contributed by atoms with Crippen molar-refractivity contribution >= 4 is 17.7 Å². The van der Waals surface area contributed by atoms with Crippen LogP contribution in [0.4, 0.5) is 4.39 Å². The van der Waals surface area contributed by atoms with E-state index in [1.807, 2.05) is 30.0 Å². The number of carbonyl (C=O) groups is 3. The van der Waals surface area contributed by atoms with Crippen LogP contribution in [0.3, 0.4) is 0 Å². The molecule has 0 saturated carbocycles. The summed E-state index contributed by atoms with van der Waals surface area (Å²) in [7, 11) is 0. The number of hydrogen-bond acceptors (Lipinski definition) is 3. The summed E-state index contributed by atoms with van der Waals surface area (Å²) >= 11 is 0. The summed E-state index contributed by atoms with van der Waals surface area (Å²) in [6, 6.07) is 12.4. The molecule has 3 amide bonds. The molecule has 2 saturated heterocycles. The monoisotopic (exact) mass is 451 g/mol. The molecule has 2 heterocycles. The van der Waals surface area contributed by atoms with Crippen LogP contribution < -0.4 is 5.32 Å². The number of carbonyl (C=O) groups excluding carboxylic acids is 3. The van der Waals surface area contributed by atoms with Crippen LogP contribution in [0.2, 0.25) is 0 Å². The lowest BCUT2D eigenvalue weighted by Gasteiger charge is -2.37. The van der Waals surface area contributed by atoms with E-state index in [1.54, 1.807) is 17.0 Å². The zero-order chi connectivity index (χ0) is 23.4. The number of hydrogen-bond donors (Lipinski definition) is 1. The summed E-state index contributed by atoms with van der Waals surface area (Å²) < 4.78 is 13.5. The summed E-state index contributed by atoms with van der Waals surface area (Å²) in [5, 5.41) is 3.01. The predicted molar refractivity (Wildman–Crippen MR) is 123 cm³/mol. The van der Waals surface area contributed by atoms with Crippen LogP contribution in [-0.4, -0.2) is 59.7 Å². The first-order valence-corrected chi connectivity index (χ1v) is 11.6. The van der Waals surface area contributed by atoms with Crippen molar-refractivity contribution in [2.24, 2.45) is 5.92 Å². The molecule has 2 aromatic carbocycles. The number of aryl methyl sites for hydroxylation is 1. The number of nitrogens with zero attached hydrogens (tertiary/aromatic N) is 2. The first-order valence-electron chi connectivity index (χ1n) is 11.6. The molecule has 2 aliphatic rings. The van der Waals surface area contributed by atoms with Gasteiger partial charge >= 0.3 is 0 Å². The zero-order valence-electron chi connectivity index (χ0n) is 18.9. The van der Waals surface area contributed by atoms with E-state index in [0.717, 1.165) is 18.4 Å². The molecule has 2 aromatic rings. The van der Waals surface area contributed by atoms with E-state index >= 15 is 0 Å². The van der Waals surface area contributed by atoms with E-state index < -0.39 is 11.9 Å². The summed E-state index contributed by atoms with van der Waals surface area (Å²) in [4.78, 5) is 42.6. The molecule has 174 valence electrons. The molecular formula is C26H30FN3O3. The fourth-order valence-electron chi connectivity index (χ4n) is 4.77. The standard InChI is InChI=1S/C26H30FN3O3/c1-18-6-4-7-20(16-18)24(31)28-23(26(33)29-12-2-3-13-29)19-10-14-30(15-11-19)25(32)21-8-5-9-22(27)17-21/h4-9,16-17,19,23H,2-3,10-15H2,1H3,(H,28,31)/t23-/m0/s1. The van der Waals surface area contributed by atoms with Crippen molar-refractivity contribution in [1.82, 2.24) is 15.1 Å². The Hall–Kier alpha value is -3.22. The Morgan fingerprint density at radius 2 is 1.58 bits per heavy atom. The average molecular weight is 452 g/mol. The van der Waals surface area contributed by atoms with Gasteiger partial charge in [0.05, 0.1) is 0 Å². The maximum atomic E-state index is 13.5. The normalized spacial score (nSPS) is 17.6. The number of nitrogens with one attached hydrogen (secondary N) is 1. The highest BCUT2D eigenvalue weighted by atomic mass is 19.1. The molecule has 0 radical (unpaired) electrons. The van der Waals surface area contributed by atoms with Crippen LogP contribution in [-0.2, 0) is 4.79 Å². The van der Waals surface area contributed by atoms with E-state index in [9.17, 15) is 18.8 Å². The number of amides is 3. The molecular weight excluding hydrogens is 421 g/mol. The van der Waals surface area contributed by atoms with Gasteiger partial charge in [0.2, 0.25) is 5.91 Å². The van der Waals surface area contributed by atoms with Crippen LogP contribution in [0.1, 0.15) is 52.0 Å². The maximum Gasteiger partial charge on any atom is 0.253 e. The lowest BCUT2D eigenvalue weighted by molar-refractivity contribution is -0.134. The van der Waals surface area contributed by atoms with Crippen LogP contribution in [0, 0.1) is 18.7 Å². The van der Waals surface area contributed by atoms with Crippen LogP contribution >= 0.6 is 0 Å². The van der Waals surface area contributed by atoms with Crippen molar-refractivity contribution in [3.63, 3.8) is 0 Å². The Balaban J connectivity index is 1.46. The molecule has 33 heavy (non-hydrogen) atoms. The number of piperidine rings is 1. The Morgan fingerprint density at radius 1 is 0.909 bits per heavy atom. The Labute approximate surface area is 193 Å². The minimum atomic E-state index is -0.623. The molecule has 0 aromatic heterocycles. The van der Waals surface area contributed by atoms with Crippen molar-refractivity contribution in [3.05, 3.63) is 71.0 Å². The number of halogens is 1. The second-order valence-corrected chi connectivity index (χ2v) is 8.99. The van der Waals surface area contributed by atoms with Gasteiger partial charge in [-0.15, -0.1) is 0 Å². The lowest BCUT2D eigenvalue weighted by atomic mass is 9.88. The third-order valence-corrected chi connectivity index (χ3v) is 6.62. The van der Waals surface area contributed by atoms with Crippen LogP contribution in [0.15, 0.2) is 48.5 Å². The van der Waals surface area contributed by atoms with E-state index in [2.05, 4.69) is 5.32 Å². The van der Waals surface area contributed by atoms with Crippen molar-refractivity contribution in [3.8, 4) is 0 Å². The second-order valence-electron chi connectivity index (χ2n) is 8.99. The molecule has 7 heteroatoms. The molecule has 2 aliphatic heterocycles. The lowest BCUT2D eigenvalue weighted by Crippen LogP contribution is -2.54. The van der Waals surface area contributed by atoms with Gasteiger partial charge in [0.15, 0.2) is 0 Å². The molecule has 6 nitrogen and oxygen atoms in total. The molecule has 0 unspecified atom stereocenters. The summed E-state index contributed by atoms with van der Waals surface area (Å²) in [6.45, 7) is 4.28. The van der Waals surface area contributed by atoms with Gasteiger partial charge in [-0.2, -0.15) is 0 Å². The van der Waals surface area contributed by atoms with Crippen molar-refractivity contribution < 1.29 is 18.8 Å². The number of benzene rings is 2. The van der Waals surface area contributed by atoms with Crippen LogP contribution in [0.25, 0.3) is 0 Å². The van der Waals surface area contributed by atoms with Crippen molar-refractivity contribution in [2.75, 3.05) is 26.2 Å². The quantitative estimate of drug-likeness (QED) is 0.758. The topological polar surface area (TPSA) is 69.7 Å². The second kappa shape index (κ2) is 10.1. The number of rotatable bonds is 5. The van der Waals surface area contributed by atoms with E-state index in [0.29, 0.717) is 50.1 Å². The molecule has 2 fully saturated rings. The SMILES string of the molecule is Cc1cccc(C(=O)N[C@H](C(=O)N2CCCC2)C2CCN(C(=O)c3cccc(F)c3)CC2)c1. The highest BCUT2D eigenvalue weighted by Crippen LogP contribution is 2.25. The van der Waals surface area contributed by atoms with Gasteiger partial charge < -0.3 is 15.1 Å². The first kappa shape index (κ1) is 23.0. The smallest absolute Gasteiger partial charge is 0.253 e. The van der Waals surface area contributed by atoms with Gasteiger partial charge in [-0.05, 0) is 68.9 Å². The van der Waals surface area contributed by atoms with Crippen LogP contribution in [0.5, 0.6) is 0 Å². The average Bonchev–Trinajstić information content (AvgIpc) is 3.37. The van der Waals surface area contributed by atoms with Gasteiger partial charge in [-0.1, -0.05) is 23.8 Å². The maximum absolute atomic E-state index is 13.5. The van der Waals surface area contributed by atoms with Gasteiger partial charge in [-0.25, -0.2) is 4.39 Å². The third-order valence-electron chi connectivity index (χ3n) is 6.62. The minimum Gasteiger partial charge on any atom is -0.341 e. The summed E-state index contributed by atoms with van der Waals surface area (Å²) in [6.07, 6.45) is 3.15. The fraction of sp³-hybridized carbons (Fsp3) is 0.423. The molecule has 4 rings (SSSR count). The van der Waals surface area contributed by atoms with Crippen molar-refractivity contribution in [1.29, 1.82) is 0 Å². The molecule has 1 N–H and O–H groups in total. The molecule has 1 atom stereocenters. The van der Waals surface area contributed by atoms with Gasteiger partial charge in [-0.3, -0.25) is 14.4 Å². The minimum absolute atomic E-state index is 0.0385. The Kier molecular flexibility index (Phi) is 7.06. The Bertz CT molecular complexity index is 1030. The largest absolute Gasteiger partial charge is 0.341 e. The molecule has 0 bridgehead atoms. The van der Waals surface area contributed by atoms with Gasteiger partial charge in [0.1, 0.15) is 11.9 Å². The fourth-order valence-corrected chi connectivity index (χ4v) is 4.77. The van der Waals surface area contributed by atoms with Gasteiger partial charge in [0.25, 0.3) is 11.8 Å². The summed E-state index contributed by atoms with van der Waals surface area (Å²) in [5.74, 6) is -1.01. The predicted octanol–water partition coefficient (Wildman–Crippen LogP) is 3.41.